The SMILES string of the molecule is CCc1ccccc1NC(=O)/C(=C/c1ccco1)C1=NC(=O)CS1. The van der Waals surface area contributed by atoms with Crippen molar-refractivity contribution < 1.29 is 14.0 Å². The molecule has 24 heavy (non-hydrogen) atoms. The summed E-state index contributed by atoms with van der Waals surface area (Å²) in [5.74, 6) is 0.242. The molecule has 0 atom stereocenters. The van der Waals surface area contributed by atoms with Crippen LogP contribution in [0.15, 0.2) is 57.6 Å². The van der Waals surface area contributed by atoms with E-state index in [0.29, 0.717) is 16.4 Å². The van der Waals surface area contributed by atoms with Crippen molar-refractivity contribution in [3.8, 4) is 0 Å². The molecule has 1 N–H and O–H groups in total. The average Bonchev–Trinajstić information content (AvgIpc) is 3.24. The average molecular weight is 340 g/mol. The molecule has 5 nitrogen and oxygen atoms in total. The van der Waals surface area contributed by atoms with Crippen LogP contribution in [-0.2, 0) is 16.0 Å². The molecule has 122 valence electrons. The van der Waals surface area contributed by atoms with Crippen molar-refractivity contribution in [2.75, 3.05) is 11.1 Å². The number of amides is 2. The second-order valence-electron chi connectivity index (χ2n) is 5.14. The zero-order chi connectivity index (χ0) is 16.9. The molecule has 3 rings (SSSR count). The molecule has 1 aliphatic rings. The summed E-state index contributed by atoms with van der Waals surface area (Å²) >= 11 is 1.26. The van der Waals surface area contributed by atoms with E-state index in [1.54, 1.807) is 18.2 Å². The lowest BCUT2D eigenvalue weighted by Gasteiger charge is -2.11. The fraction of sp³-hybridized carbons (Fsp3) is 0.167. The predicted molar refractivity (Wildman–Crippen MR) is 96.0 cm³/mol. The van der Waals surface area contributed by atoms with Crippen molar-refractivity contribution in [1.29, 1.82) is 0 Å². The molecular weight excluding hydrogens is 324 g/mol. The molecule has 6 heteroatoms. The molecule has 0 saturated heterocycles. The van der Waals surface area contributed by atoms with Gasteiger partial charge in [-0.25, -0.2) is 4.99 Å². The highest BCUT2D eigenvalue weighted by molar-refractivity contribution is 8.15. The summed E-state index contributed by atoms with van der Waals surface area (Å²) in [7, 11) is 0. The van der Waals surface area contributed by atoms with Gasteiger partial charge in [0.2, 0.25) is 0 Å². The minimum atomic E-state index is -0.312. The summed E-state index contributed by atoms with van der Waals surface area (Å²) < 4.78 is 5.29. The number of thioether (sulfide) groups is 1. The molecule has 0 unspecified atom stereocenters. The van der Waals surface area contributed by atoms with Crippen LogP contribution in [-0.4, -0.2) is 22.6 Å². The molecule has 0 bridgehead atoms. The van der Waals surface area contributed by atoms with Gasteiger partial charge in [-0.15, -0.1) is 0 Å². The number of rotatable bonds is 5. The zero-order valence-electron chi connectivity index (χ0n) is 13.1. The standard InChI is InChI=1S/C18H16N2O3S/c1-2-12-6-3-4-8-15(12)19-17(22)14(10-13-7-5-9-23-13)18-20-16(21)11-24-18/h3-10H,2,11H2,1H3,(H,19,22)/b14-10-. The van der Waals surface area contributed by atoms with E-state index in [9.17, 15) is 9.59 Å². The molecule has 0 saturated carbocycles. The number of carbonyl (C=O) groups excluding carboxylic acids is 2. The van der Waals surface area contributed by atoms with Crippen LogP contribution < -0.4 is 5.32 Å². The first-order valence-corrected chi connectivity index (χ1v) is 8.55. The molecule has 0 aliphatic carbocycles. The van der Waals surface area contributed by atoms with Gasteiger partial charge in [0.05, 0.1) is 17.6 Å². The second kappa shape index (κ2) is 7.31. The van der Waals surface area contributed by atoms with Crippen LogP contribution >= 0.6 is 11.8 Å². The summed E-state index contributed by atoms with van der Waals surface area (Å²) in [6.07, 6.45) is 3.94. The highest BCUT2D eigenvalue weighted by atomic mass is 32.2. The topological polar surface area (TPSA) is 71.7 Å². The van der Waals surface area contributed by atoms with Crippen LogP contribution in [0.25, 0.3) is 6.08 Å². The van der Waals surface area contributed by atoms with Crippen molar-refractivity contribution >= 4 is 40.4 Å². The van der Waals surface area contributed by atoms with E-state index in [1.165, 1.54) is 18.0 Å². The number of hydrogen-bond donors (Lipinski definition) is 1. The van der Waals surface area contributed by atoms with Crippen molar-refractivity contribution in [3.05, 3.63) is 59.6 Å². The minimum absolute atomic E-state index is 0.234. The number of anilines is 1. The zero-order valence-corrected chi connectivity index (χ0v) is 13.9. The molecule has 2 aromatic rings. The van der Waals surface area contributed by atoms with Crippen LogP contribution in [0.5, 0.6) is 0 Å². The smallest absolute Gasteiger partial charge is 0.258 e. The number of nitrogens with one attached hydrogen (secondary N) is 1. The lowest BCUT2D eigenvalue weighted by molar-refractivity contribution is -0.115. The number of carbonyl (C=O) groups is 2. The number of aryl methyl sites for hydroxylation is 1. The van der Waals surface area contributed by atoms with Gasteiger partial charge in [0.25, 0.3) is 11.8 Å². The van der Waals surface area contributed by atoms with Gasteiger partial charge in [0, 0.05) is 5.69 Å². The summed E-state index contributed by atoms with van der Waals surface area (Å²) in [5.41, 5.74) is 2.12. The van der Waals surface area contributed by atoms with Gasteiger partial charge >= 0.3 is 0 Å². The predicted octanol–water partition coefficient (Wildman–Crippen LogP) is 3.54. The third-order valence-electron chi connectivity index (χ3n) is 3.51. The summed E-state index contributed by atoms with van der Waals surface area (Å²) in [4.78, 5) is 28.2. The maximum Gasteiger partial charge on any atom is 0.258 e. The number of para-hydroxylation sites is 1. The number of aliphatic imine (C=N–C) groups is 1. The lowest BCUT2D eigenvalue weighted by Crippen LogP contribution is -2.19. The summed E-state index contributed by atoms with van der Waals surface area (Å²) in [6, 6.07) is 11.1. The van der Waals surface area contributed by atoms with Gasteiger partial charge in [-0.05, 0) is 36.3 Å². The van der Waals surface area contributed by atoms with Crippen LogP contribution in [0.4, 0.5) is 5.69 Å². The Hall–Kier alpha value is -2.60. The van der Waals surface area contributed by atoms with Gasteiger partial charge < -0.3 is 9.73 Å². The first-order valence-electron chi connectivity index (χ1n) is 7.56. The largest absolute Gasteiger partial charge is 0.465 e. The van der Waals surface area contributed by atoms with Gasteiger partial charge in [-0.3, -0.25) is 9.59 Å². The van der Waals surface area contributed by atoms with Gasteiger partial charge in [-0.2, -0.15) is 0 Å². The van der Waals surface area contributed by atoms with E-state index in [1.807, 2.05) is 31.2 Å². The molecule has 2 heterocycles. The molecule has 0 radical (unpaired) electrons. The van der Waals surface area contributed by atoms with Gasteiger partial charge in [0.15, 0.2) is 0 Å². The lowest BCUT2D eigenvalue weighted by atomic mass is 10.1. The van der Waals surface area contributed by atoms with Crippen LogP contribution in [0, 0.1) is 0 Å². The monoisotopic (exact) mass is 340 g/mol. The molecule has 1 aliphatic heterocycles. The van der Waals surface area contributed by atoms with Gasteiger partial charge in [0.1, 0.15) is 10.8 Å². The highest BCUT2D eigenvalue weighted by Crippen LogP contribution is 2.24. The summed E-state index contributed by atoms with van der Waals surface area (Å²) in [5, 5.41) is 3.33. The van der Waals surface area contributed by atoms with Crippen LogP contribution in [0.1, 0.15) is 18.2 Å². The van der Waals surface area contributed by atoms with Crippen LogP contribution in [0.3, 0.4) is 0 Å². The second-order valence-corrected chi connectivity index (χ2v) is 6.10. The minimum Gasteiger partial charge on any atom is -0.465 e. The Morgan fingerprint density at radius 3 is 2.83 bits per heavy atom. The summed E-state index contributed by atoms with van der Waals surface area (Å²) in [6.45, 7) is 2.03. The Balaban J connectivity index is 1.92. The third-order valence-corrected chi connectivity index (χ3v) is 4.49. The maximum atomic E-state index is 12.8. The first kappa shape index (κ1) is 16.3. The Bertz CT molecular complexity index is 823. The molecule has 0 fully saturated rings. The van der Waals surface area contributed by atoms with E-state index in [2.05, 4.69) is 10.3 Å². The van der Waals surface area contributed by atoms with E-state index in [4.69, 9.17) is 4.42 Å². The fourth-order valence-electron chi connectivity index (χ4n) is 2.33. The highest BCUT2D eigenvalue weighted by Gasteiger charge is 2.24. The fourth-order valence-corrected chi connectivity index (χ4v) is 3.12. The first-order chi connectivity index (χ1) is 11.7. The van der Waals surface area contributed by atoms with E-state index >= 15 is 0 Å². The number of furan rings is 1. The quantitative estimate of drug-likeness (QED) is 0.845. The Labute approximate surface area is 143 Å². The molecule has 2 amide bonds. The Morgan fingerprint density at radius 2 is 2.17 bits per heavy atom. The third kappa shape index (κ3) is 3.65. The normalized spacial score (nSPS) is 14.6. The number of benzene rings is 1. The van der Waals surface area contributed by atoms with Crippen LogP contribution in [0.2, 0.25) is 0 Å². The molecule has 1 aromatic carbocycles. The van der Waals surface area contributed by atoms with Crippen molar-refractivity contribution in [3.63, 3.8) is 0 Å². The Kier molecular flexibility index (Phi) is 4.96. The van der Waals surface area contributed by atoms with Crippen molar-refractivity contribution in [1.82, 2.24) is 0 Å². The number of nitrogens with zero attached hydrogens (tertiary/aromatic N) is 1. The van der Waals surface area contributed by atoms with E-state index < -0.39 is 0 Å². The van der Waals surface area contributed by atoms with E-state index in [0.717, 1.165) is 17.7 Å². The molecule has 0 spiro atoms. The van der Waals surface area contributed by atoms with Gasteiger partial charge in [-0.1, -0.05) is 36.9 Å². The van der Waals surface area contributed by atoms with E-state index in [-0.39, 0.29) is 17.6 Å². The maximum absolute atomic E-state index is 12.8. The van der Waals surface area contributed by atoms with Crippen molar-refractivity contribution in [2.24, 2.45) is 4.99 Å². The number of hydrogen-bond acceptors (Lipinski definition) is 4. The molecule has 1 aromatic heterocycles. The van der Waals surface area contributed by atoms with Crippen molar-refractivity contribution in [2.45, 2.75) is 13.3 Å². The Morgan fingerprint density at radius 1 is 1.33 bits per heavy atom. The molecular formula is C18H16N2O3S.